The number of nitrogens with zero attached hydrogens (tertiary/aromatic N) is 4. The molecule has 128 valence electrons. The molecule has 7 nitrogen and oxygen atoms in total. The van der Waals surface area contributed by atoms with Crippen LogP contribution in [0.25, 0.3) is 0 Å². The van der Waals surface area contributed by atoms with E-state index < -0.39 is 0 Å². The topological polar surface area (TPSA) is 62.8 Å². The predicted molar refractivity (Wildman–Crippen MR) is 89.9 cm³/mol. The standard InChI is InChI=1S/C16H27N5O2/c1-13-18-14(17-6-9-20(2)3)12-15(19-13)21-7-4-16(5-8-21)22-10-11-23-16/h12H,4-11H2,1-3H3,(H,17,18,19). The van der Waals surface area contributed by atoms with Gasteiger partial charge in [-0.15, -0.1) is 0 Å². The Morgan fingerprint density at radius 2 is 1.91 bits per heavy atom. The third-order valence-corrected chi connectivity index (χ3v) is 4.35. The minimum Gasteiger partial charge on any atom is -0.369 e. The van der Waals surface area contributed by atoms with E-state index in [0.717, 1.165) is 56.5 Å². The minimum absolute atomic E-state index is 0.342. The molecule has 3 heterocycles. The van der Waals surface area contributed by atoms with Gasteiger partial charge in [0.1, 0.15) is 17.5 Å². The lowest BCUT2D eigenvalue weighted by molar-refractivity contribution is -0.169. The molecule has 2 aliphatic rings. The number of likely N-dealkylation sites (N-methyl/N-ethyl adjacent to an activating group) is 1. The number of aryl methyl sites for hydroxylation is 1. The van der Waals surface area contributed by atoms with Gasteiger partial charge in [0.05, 0.1) is 13.2 Å². The fourth-order valence-corrected chi connectivity index (χ4v) is 3.07. The molecule has 0 bridgehead atoms. The molecular weight excluding hydrogens is 294 g/mol. The van der Waals surface area contributed by atoms with Crippen LogP contribution >= 0.6 is 0 Å². The summed E-state index contributed by atoms with van der Waals surface area (Å²) in [5.41, 5.74) is 0. The summed E-state index contributed by atoms with van der Waals surface area (Å²) in [6.45, 7) is 7.00. The van der Waals surface area contributed by atoms with Crippen LogP contribution in [0.1, 0.15) is 18.7 Å². The lowest BCUT2D eigenvalue weighted by atomic mass is 10.0. The van der Waals surface area contributed by atoms with E-state index in [2.05, 4.69) is 39.2 Å². The van der Waals surface area contributed by atoms with Crippen molar-refractivity contribution in [1.29, 1.82) is 0 Å². The molecule has 1 N–H and O–H groups in total. The van der Waals surface area contributed by atoms with Crippen molar-refractivity contribution in [2.24, 2.45) is 0 Å². The highest BCUT2D eigenvalue weighted by Gasteiger charge is 2.40. The fourth-order valence-electron chi connectivity index (χ4n) is 3.07. The van der Waals surface area contributed by atoms with Crippen molar-refractivity contribution >= 4 is 11.6 Å². The van der Waals surface area contributed by atoms with Crippen LogP contribution in [0.15, 0.2) is 6.07 Å². The summed E-state index contributed by atoms with van der Waals surface area (Å²) in [6.07, 6.45) is 1.78. The summed E-state index contributed by atoms with van der Waals surface area (Å²) in [5.74, 6) is 2.33. The maximum atomic E-state index is 5.79. The second-order valence-electron chi connectivity index (χ2n) is 6.48. The van der Waals surface area contributed by atoms with Crippen molar-refractivity contribution in [2.45, 2.75) is 25.6 Å². The molecule has 0 atom stereocenters. The zero-order chi connectivity index (χ0) is 16.3. The fraction of sp³-hybridized carbons (Fsp3) is 0.750. The van der Waals surface area contributed by atoms with E-state index in [1.165, 1.54) is 0 Å². The van der Waals surface area contributed by atoms with Crippen molar-refractivity contribution < 1.29 is 9.47 Å². The molecule has 1 spiro atoms. The number of hydrogen-bond donors (Lipinski definition) is 1. The van der Waals surface area contributed by atoms with Gasteiger partial charge < -0.3 is 24.6 Å². The summed E-state index contributed by atoms with van der Waals surface area (Å²) in [7, 11) is 4.13. The quantitative estimate of drug-likeness (QED) is 0.871. The van der Waals surface area contributed by atoms with Crippen molar-refractivity contribution in [3.8, 4) is 0 Å². The van der Waals surface area contributed by atoms with Crippen LogP contribution in [-0.2, 0) is 9.47 Å². The van der Waals surface area contributed by atoms with Gasteiger partial charge in [-0.1, -0.05) is 0 Å². The molecule has 0 aromatic carbocycles. The van der Waals surface area contributed by atoms with Gasteiger partial charge in [-0.3, -0.25) is 0 Å². The molecule has 2 aliphatic heterocycles. The molecule has 7 heteroatoms. The molecule has 1 aromatic heterocycles. The molecule has 0 saturated carbocycles. The Morgan fingerprint density at radius 3 is 2.57 bits per heavy atom. The maximum Gasteiger partial charge on any atom is 0.171 e. The average molecular weight is 321 g/mol. The van der Waals surface area contributed by atoms with Gasteiger partial charge in [-0.25, -0.2) is 9.97 Å². The highest BCUT2D eigenvalue weighted by Crippen LogP contribution is 2.33. The van der Waals surface area contributed by atoms with Crippen LogP contribution in [0.3, 0.4) is 0 Å². The lowest BCUT2D eigenvalue weighted by Crippen LogP contribution is -2.45. The van der Waals surface area contributed by atoms with Crippen molar-refractivity contribution in [1.82, 2.24) is 14.9 Å². The summed E-state index contributed by atoms with van der Waals surface area (Å²) < 4.78 is 11.6. The molecule has 0 aliphatic carbocycles. The zero-order valence-electron chi connectivity index (χ0n) is 14.3. The first-order valence-corrected chi connectivity index (χ1v) is 8.33. The summed E-state index contributed by atoms with van der Waals surface area (Å²) in [4.78, 5) is 13.5. The SMILES string of the molecule is Cc1nc(NCCN(C)C)cc(N2CCC3(CC2)OCCO3)n1. The summed E-state index contributed by atoms with van der Waals surface area (Å²) in [6, 6.07) is 2.04. The first-order valence-electron chi connectivity index (χ1n) is 8.33. The monoisotopic (exact) mass is 321 g/mol. The van der Waals surface area contributed by atoms with Crippen LogP contribution in [-0.4, -0.2) is 74.1 Å². The Balaban J connectivity index is 1.62. The zero-order valence-corrected chi connectivity index (χ0v) is 14.3. The number of piperidine rings is 1. The Labute approximate surface area is 138 Å². The Bertz CT molecular complexity index is 521. The third kappa shape index (κ3) is 4.10. The van der Waals surface area contributed by atoms with Crippen LogP contribution in [0.5, 0.6) is 0 Å². The van der Waals surface area contributed by atoms with E-state index in [1.807, 2.05) is 13.0 Å². The molecule has 3 rings (SSSR count). The van der Waals surface area contributed by atoms with Gasteiger partial charge in [-0.05, 0) is 21.0 Å². The first-order chi connectivity index (χ1) is 11.1. The Kier molecular flexibility index (Phi) is 4.99. The lowest BCUT2D eigenvalue weighted by Gasteiger charge is -2.38. The highest BCUT2D eigenvalue weighted by atomic mass is 16.7. The summed E-state index contributed by atoms with van der Waals surface area (Å²) >= 11 is 0. The van der Waals surface area contributed by atoms with Crippen LogP contribution in [0.4, 0.5) is 11.6 Å². The second-order valence-corrected chi connectivity index (χ2v) is 6.48. The van der Waals surface area contributed by atoms with Gasteiger partial charge in [0.25, 0.3) is 0 Å². The molecule has 0 unspecified atom stereocenters. The van der Waals surface area contributed by atoms with Gasteiger partial charge >= 0.3 is 0 Å². The van der Waals surface area contributed by atoms with Gasteiger partial charge in [0, 0.05) is 45.1 Å². The molecule has 1 aromatic rings. The molecule has 2 fully saturated rings. The van der Waals surface area contributed by atoms with E-state index >= 15 is 0 Å². The van der Waals surface area contributed by atoms with E-state index in [9.17, 15) is 0 Å². The largest absolute Gasteiger partial charge is 0.369 e. The predicted octanol–water partition coefficient (Wildman–Crippen LogP) is 1.10. The van der Waals surface area contributed by atoms with Crippen molar-refractivity contribution in [2.75, 3.05) is 63.7 Å². The van der Waals surface area contributed by atoms with E-state index in [0.29, 0.717) is 13.2 Å². The minimum atomic E-state index is -0.342. The average Bonchev–Trinajstić information content (AvgIpc) is 2.95. The van der Waals surface area contributed by atoms with Crippen LogP contribution in [0, 0.1) is 6.92 Å². The number of rotatable bonds is 5. The number of ether oxygens (including phenoxy) is 2. The molecular formula is C16H27N5O2. The van der Waals surface area contributed by atoms with Gasteiger partial charge in [-0.2, -0.15) is 0 Å². The number of nitrogens with one attached hydrogen (secondary N) is 1. The maximum absolute atomic E-state index is 5.79. The van der Waals surface area contributed by atoms with Crippen LogP contribution in [0.2, 0.25) is 0 Å². The summed E-state index contributed by atoms with van der Waals surface area (Å²) in [5, 5.41) is 3.38. The normalized spacial score (nSPS) is 20.4. The molecule has 0 radical (unpaired) electrons. The van der Waals surface area contributed by atoms with E-state index in [-0.39, 0.29) is 5.79 Å². The Morgan fingerprint density at radius 1 is 1.22 bits per heavy atom. The van der Waals surface area contributed by atoms with E-state index in [1.54, 1.807) is 0 Å². The smallest absolute Gasteiger partial charge is 0.171 e. The molecule has 0 amide bonds. The van der Waals surface area contributed by atoms with Gasteiger partial charge in [0.15, 0.2) is 5.79 Å². The number of anilines is 2. The number of aromatic nitrogens is 2. The third-order valence-electron chi connectivity index (χ3n) is 4.35. The highest BCUT2D eigenvalue weighted by molar-refractivity contribution is 5.49. The Hall–Kier alpha value is -1.44. The molecule has 23 heavy (non-hydrogen) atoms. The molecule has 2 saturated heterocycles. The van der Waals surface area contributed by atoms with Crippen LogP contribution < -0.4 is 10.2 Å². The number of hydrogen-bond acceptors (Lipinski definition) is 7. The van der Waals surface area contributed by atoms with Gasteiger partial charge in [0.2, 0.25) is 0 Å². The van der Waals surface area contributed by atoms with Crippen molar-refractivity contribution in [3.63, 3.8) is 0 Å². The van der Waals surface area contributed by atoms with Crippen molar-refractivity contribution in [3.05, 3.63) is 11.9 Å². The van der Waals surface area contributed by atoms with E-state index in [4.69, 9.17) is 9.47 Å². The second kappa shape index (κ2) is 6.98. The first kappa shape index (κ1) is 16.4.